The largest absolute Gasteiger partial charge is 0.435 e. The Bertz CT molecular complexity index is 1130. The number of aryl methyl sites for hydroxylation is 1. The number of anilines is 1. The minimum absolute atomic E-state index is 0.0225. The van der Waals surface area contributed by atoms with Gasteiger partial charge in [0.1, 0.15) is 12.1 Å². The number of alkyl halides is 3. The molecule has 0 N–H and O–H groups in total. The summed E-state index contributed by atoms with van der Waals surface area (Å²) in [7, 11) is 0. The highest BCUT2D eigenvalue weighted by atomic mass is 19.4. The second-order valence-corrected chi connectivity index (χ2v) is 9.48. The summed E-state index contributed by atoms with van der Waals surface area (Å²) in [4.78, 5) is 10.4. The lowest BCUT2D eigenvalue weighted by Crippen LogP contribution is -2.35. The quantitative estimate of drug-likeness (QED) is 0.510. The van der Waals surface area contributed by atoms with Gasteiger partial charge in [0.05, 0.1) is 10.9 Å². The minimum atomic E-state index is -4.59. The Balaban J connectivity index is 1.64. The van der Waals surface area contributed by atoms with Crippen LogP contribution >= 0.6 is 0 Å². The van der Waals surface area contributed by atoms with Gasteiger partial charge in [0.15, 0.2) is 11.3 Å². The Morgan fingerprint density at radius 1 is 1.03 bits per heavy atom. The molecule has 1 saturated heterocycles. The van der Waals surface area contributed by atoms with Crippen LogP contribution < -0.4 is 4.90 Å². The monoisotopic (exact) mass is 443 g/mol. The molecule has 1 aliphatic heterocycles. The molecule has 4 rings (SSSR count). The van der Waals surface area contributed by atoms with E-state index in [0.717, 1.165) is 24.0 Å². The Hall–Kier alpha value is -2.90. The number of hydrogen-bond donors (Lipinski definition) is 0. The third kappa shape index (κ3) is 4.10. The molecule has 1 aliphatic rings. The summed E-state index contributed by atoms with van der Waals surface area (Å²) < 4.78 is 43.0. The van der Waals surface area contributed by atoms with Crippen LogP contribution in [0.1, 0.15) is 50.4 Å². The van der Waals surface area contributed by atoms with Gasteiger partial charge in [0.25, 0.3) is 0 Å². The van der Waals surface area contributed by atoms with Gasteiger partial charge < -0.3 is 4.90 Å². The van der Waals surface area contributed by atoms with Gasteiger partial charge in [-0.05, 0) is 57.6 Å². The Kier molecular flexibility index (Phi) is 5.51. The number of aromatic nitrogens is 4. The lowest BCUT2D eigenvalue weighted by molar-refractivity contribution is -0.140. The normalized spacial score (nSPS) is 16.0. The molecule has 0 aliphatic carbocycles. The first kappa shape index (κ1) is 22.3. The van der Waals surface area contributed by atoms with Gasteiger partial charge in [-0.25, -0.2) is 14.6 Å². The Labute approximate surface area is 186 Å². The van der Waals surface area contributed by atoms with E-state index in [2.05, 4.69) is 45.9 Å². The lowest BCUT2D eigenvalue weighted by Gasteiger charge is -2.34. The van der Waals surface area contributed by atoms with E-state index in [1.54, 1.807) is 0 Å². The fourth-order valence-electron chi connectivity index (χ4n) is 4.29. The average Bonchev–Trinajstić information content (AvgIpc) is 3.15. The molecule has 0 unspecified atom stereocenters. The van der Waals surface area contributed by atoms with E-state index in [4.69, 9.17) is 0 Å². The highest BCUT2D eigenvalue weighted by Gasteiger charge is 2.41. The Morgan fingerprint density at radius 3 is 2.22 bits per heavy atom. The van der Waals surface area contributed by atoms with Crippen molar-refractivity contribution in [3.63, 3.8) is 0 Å². The molecule has 0 amide bonds. The molecule has 2 aromatic heterocycles. The predicted octanol–water partition coefficient (Wildman–Crippen LogP) is 5.84. The van der Waals surface area contributed by atoms with Crippen molar-refractivity contribution in [1.82, 2.24) is 19.7 Å². The van der Waals surface area contributed by atoms with Crippen molar-refractivity contribution in [3.8, 4) is 0 Å². The minimum Gasteiger partial charge on any atom is -0.356 e. The number of allylic oxidation sites excluding steroid dienone is 1. The van der Waals surface area contributed by atoms with Crippen molar-refractivity contribution < 1.29 is 13.2 Å². The average molecular weight is 444 g/mol. The van der Waals surface area contributed by atoms with Crippen LogP contribution in [0.5, 0.6) is 0 Å². The van der Waals surface area contributed by atoms with Crippen LogP contribution in [0.3, 0.4) is 0 Å². The molecular formula is C24H28F3N5. The summed E-state index contributed by atoms with van der Waals surface area (Å²) in [5.74, 6) is 0.586. The zero-order chi connectivity index (χ0) is 23.3. The van der Waals surface area contributed by atoms with Crippen LogP contribution in [-0.4, -0.2) is 32.8 Å². The number of piperidine rings is 1. The highest BCUT2D eigenvalue weighted by Crippen LogP contribution is 2.40. The van der Waals surface area contributed by atoms with Gasteiger partial charge in [-0.15, -0.1) is 0 Å². The van der Waals surface area contributed by atoms with Gasteiger partial charge in [-0.1, -0.05) is 36.4 Å². The summed E-state index contributed by atoms with van der Waals surface area (Å²) in [6.45, 7) is 13.0. The summed E-state index contributed by atoms with van der Waals surface area (Å²) in [6, 6.07) is 8.29. The molecule has 3 aromatic rings. The standard InChI is InChI=1S/C24H28F3N5/c1-15-6-8-17(9-7-15)16(2)18-10-12-31(13-11-18)21-19-20(24(25,26)27)30-32(23(3,4)5)22(19)29-14-28-21/h6-9,14,18H,2,10-13H2,1,3-5H3. The first-order valence-corrected chi connectivity index (χ1v) is 10.8. The van der Waals surface area contributed by atoms with Crippen LogP contribution in [0.2, 0.25) is 0 Å². The molecule has 1 fully saturated rings. The highest BCUT2D eigenvalue weighted by molar-refractivity contribution is 5.90. The first-order chi connectivity index (χ1) is 15.0. The summed E-state index contributed by atoms with van der Waals surface area (Å²) in [6.07, 6.45) is -1.66. The summed E-state index contributed by atoms with van der Waals surface area (Å²) >= 11 is 0. The second-order valence-electron chi connectivity index (χ2n) is 9.48. The van der Waals surface area contributed by atoms with Crippen molar-refractivity contribution in [2.45, 2.75) is 52.3 Å². The lowest BCUT2D eigenvalue weighted by atomic mass is 9.86. The number of hydrogen-bond acceptors (Lipinski definition) is 4. The van der Waals surface area contributed by atoms with Crippen LogP contribution in [-0.2, 0) is 11.7 Å². The van der Waals surface area contributed by atoms with Gasteiger partial charge in [0.2, 0.25) is 0 Å². The van der Waals surface area contributed by atoms with Gasteiger partial charge in [-0.3, -0.25) is 0 Å². The van der Waals surface area contributed by atoms with E-state index >= 15 is 0 Å². The van der Waals surface area contributed by atoms with Gasteiger partial charge >= 0.3 is 6.18 Å². The molecule has 1 aromatic carbocycles. The SMILES string of the molecule is C=C(c1ccc(C)cc1)C1CCN(c2ncnc3c2c(C(F)(F)F)nn3C(C)(C)C)CC1. The third-order valence-corrected chi connectivity index (χ3v) is 6.06. The number of fused-ring (bicyclic) bond motifs is 1. The van der Waals surface area contributed by atoms with Crippen LogP contribution in [0.25, 0.3) is 16.6 Å². The van der Waals surface area contributed by atoms with E-state index in [1.807, 2.05) is 32.6 Å². The van der Waals surface area contributed by atoms with Gasteiger partial charge in [0, 0.05) is 13.1 Å². The molecule has 5 nitrogen and oxygen atoms in total. The van der Waals surface area contributed by atoms with Crippen LogP contribution in [0.15, 0.2) is 37.2 Å². The maximum atomic E-state index is 13.9. The van der Waals surface area contributed by atoms with Crippen molar-refractivity contribution in [2.24, 2.45) is 5.92 Å². The number of benzene rings is 1. The first-order valence-electron chi connectivity index (χ1n) is 10.8. The zero-order valence-corrected chi connectivity index (χ0v) is 18.9. The van der Waals surface area contributed by atoms with Crippen molar-refractivity contribution >= 4 is 22.4 Å². The van der Waals surface area contributed by atoms with Crippen molar-refractivity contribution in [1.29, 1.82) is 0 Å². The smallest absolute Gasteiger partial charge is 0.356 e. The van der Waals surface area contributed by atoms with Crippen molar-refractivity contribution in [2.75, 3.05) is 18.0 Å². The maximum Gasteiger partial charge on any atom is 0.435 e. The number of halogens is 3. The zero-order valence-electron chi connectivity index (χ0n) is 18.9. The number of rotatable bonds is 3. The van der Waals surface area contributed by atoms with E-state index in [0.29, 0.717) is 18.9 Å². The summed E-state index contributed by atoms with van der Waals surface area (Å²) in [5.41, 5.74) is 2.02. The third-order valence-electron chi connectivity index (χ3n) is 6.06. The van der Waals surface area contributed by atoms with Gasteiger partial charge in [-0.2, -0.15) is 18.3 Å². The molecule has 0 bridgehead atoms. The van der Waals surface area contributed by atoms with E-state index < -0.39 is 17.4 Å². The molecule has 170 valence electrons. The van der Waals surface area contributed by atoms with E-state index in [-0.39, 0.29) is 17.0 Å². The van der Waals surface area contributed by atoms with E-state index in [9.17, 15) is 13.2 Å². The molecule has 0 saturated carbocycles. The fourth-order valence-corrected chi connectivity index (χ4v) is 4.29. The summed E-state index contributed by atoms with van der Waals surface area (Å²) in [5, 5.41) is 3.90. The molecule has 3 heterocycles. The molecule has 8 heteroatoms. The Morgan fingerprint density at radius 2 is 1.66 bits per heavy atom. The van der Waals surface area contributed by atoms with Crippen molar-refractivity contribution in [3.05, 3.63) is 54.0 Å². The van der Waals surface area contributed by atoms with Crippen LogP contribution in [0.4, 0.5) is 19.0 Å². The predicted molar refractivity (Wildman–Crippen MR) is 120 cm³/mol. The molecule has 0 atom stereocenters. The molecule has 0 spiro atoms. The second kappa shape index (κ2) is 7.90. The van der Waals surface area contributed by atoms with Crippen LogP contribution in [0, 0.1) is 12.8 Å². The molecule has 0 radical (unpaired) electrons. The number of nitrogens with zero attached hydrogens (tertiary/aromatic N) is 5. The van der Waals surface area contributed by atoms with E-state index in [1.165, 1.54) is 16.6 Å². The maximum absolute atomic E-state index is 13.9. The molecular weight excluding hydrogens is 415 g/mol. The fraction of sp³-hybridized carbons (Fsp3) is 0.458. The topological polar surface area (TPSA) is 46.8 Å². The molecule has 32 heavy (non-hydrogen) atoms.